The van der Waals surface area contributed by atoms with Crippen LogP contribution in [0.2, 0.25) is 0 Å². The molecule has 0 N–H and O–H groups in total. The zero-order chi connectivity index (χ0) is 15.7. The van der Waals surface area contributed by atoms with E-state index in [2.05, 4.69) is 5.16 Å². The maximum absolute atomic E-state index is 13.8. The summed E-state index contributed by atoms with van der Waals surface area (Å²) in [6.45, 7) is 4.69. The van der Waals surface area contributed by atoms with E-state index in [1.807, 2.05) is 19.9 Å². The molecule has 1 aromatic carbocycles. The van der Waals surface area contributed by atoms with E-state index in [0.717, 1.165) is 18.5 Å². The Kier molecular flexibility index (Phi) is 3.96. The van der Waals surface area contributed by atoms with Crippen molar-refractivity contribution in [2.45, 2.75) is 38.6 Å². The average molecular weight is 302 g/mol. The van der Waals surface area contributed by atoms with Crippen molar-refractivity contribution >= 4 is 5.91 Å². The van der Waals surface area contributed by atoms with Gasteiger partial charge in [-0.1, -0.05) is 31.1 Å². The Morgan fingerprint density at radius 2 is 2.18 bits per heavy atom. The number of halogens is 1. The second kappa shape index (κ2) is 5.91. The molecule has 2 aromatic rings. The van der Waals surface area contributed by atoms with E-state index in [0.29, 0.717) is 12.3 Å². The number of hydrogen-bond donors (Lipinski definition) is 0. The predicted octanol–water partition coefficient (Wildman–Crippen LogP) is 3.91. The standard InChI is InChI=1S/C17H19FN2O2/c1-11(2)14-10-16(22-19-14)15-8-5-9-20(15)17(21)12-6-3-4-7-13(12)18/h3-4,6-7,10-11,15H,5,8-9H2,1-2H3. The summed E-state index contributed by atoms with van der Waals surface area (Å²) in [4.78, 5) is 14.3. The van der Waals surface area contributed by atoms with Gasteiger partial charge in [0.25, 0.3) is 5.91 Å². The van der Waals surface area contributed by atoms with Gasteiger partial charge in [-0.25, -0.2) is 4.39 Å². The van der Waals surface area contributed by atoms with Gasteiger partial charge in [0.15, 0.2) is 5.76 Å². The largest absolute Gasteiger partial charge is 0.359 e. The number of nitrogens with zero attached hydrogens (tertiary/aromatic N) is 2. The van der Waals surface area contributed by atoms with Gasteiger partial charge in [0.2, 0.25) is 0 Å². The molecule has 4 nitrogen and oxygen atoms in total. The fraction of sp³-hybridized carbons (Fsp3) is 0.412. The molecule has 2 heterocycles. The van der Waals surface area contributed by atoms with Crippen molar-refractivity contribution in [2.24, 2.45) is 0 Å². The summed E-state index contributed by atoms with van der Waals surface area (Å²) in [5.74, 6) is 0.183. The van der Waals surface area contributed by atoms with Gasteiger partial charge in [-0.05, 0) is 30.9 Å². The van der Waals surface area contributed by atoms with E-state index in [4.69, 9.17) is 4.52 Å². The van der Waals surface area contributed by atoms with Crippen LogP contribution in [-0.2, 0) is 0 Å². The molecule has 1 aromatic heterocycles. The SMILES string of the molecule is CC(C)c1cc(C2CCCN2C(=O)c2ccccc2F)on1. The van der Waals surface area contributed by atoms with E-state index >= 15 is 0 Å². The smallest absolute Gasteiger partial charge is 0.257 e. The number of aromatic nitrogens is 1. The lowest BCUT2D eigenvalue weighted by Gasteiger charge is -2.22. The lowest BCUT2D eigenvalue weighted by molar-refractivity contribution is 0.0710. The van der Waals surface area contributed by atoms with Crippen molar-refractivity contribution in [3.8, 4) is 0 Å². The predicted molar refractivity (Wildman–Crippen MR) is 80.0 cm³/mol. The number of hydrogen-bond acceptors (Lipinski definition) is 3. The summed E-state index contributed by atoms with van der Waals surface area (Å²) in [6.07, 6.45) is 1.69. The first kappa shape index (κ1) is 14.8. The number of rotatable bonds is 3. The maximum Gasteiger partial charge on any atom is 0.257 e. The molecule has 1 saturated heterocycles. The summed E-state index contributed by atoms with van der Waals surface area (Å²) < 4.78 is 19.3. The van der Waals surface area contributed by atoms with Crippen molar-refractivity contribution in [3.63, 3.8) is 0 Å². The third kappa shape index (κ3) is 2.63. The number of carbonyl (C=O) groups is 1. The molecule has 116 valence electrons. The lowest BCUT2D eigenvalue weighted by atomic mass is 10.1. The molecule has 22 heavy (non-hydrogen) atoms. The number of carbonyl (C=O) groups excluding carboxylic acids is 1. The van der Waals surface area contributed by atoms with Crippen LogP contribution in [0.25, 0.3) is 0 Å². The monoisotopic (exact) mass is 302 g/mol. The molecule has 0 aliphatic carbocycles. The molecule has 3 rings (SSSR count). The third-order valence-corrected chi connectivity index (χ3v) is 4.08. The zero-order valence-electron chi connectivity index (χ0n) is 12.8. The minimum absolute atomic E-state index is 0.109. The van der Waals surface area contributed by atoms with E-state index in [9.17, 15) is 9.18 Å². The average Bonchev–Trinajstić information content (AvgIpc) is 3.15. The van der Waals surface area contributed by atoms with Gasteiger partial charge in [0, 0.05) is 12.6 Å². The van der Waals surface area contributed by atoms with Crippen molar-refractivity contribution in [3.05, 3.63) is 53.2 Å². The second-order valence-electron chi connectivity index (χ2n) is 5.95. The maximum atomic E-state index is 13.8. The number of amides is 1. The molecule has 0 spiro atoms. The third-order valence-electron chi connectivity index (χ3n) is 4.08. The molecule has 1 fully saturated rings. The van der Waals surface area contributed by atoms with Crippen molar-refractivity contribution < 1.29 is 13.7 Å². The van der Waals surface area contributed by atoms with Gasteiger partial charge in [-0.3, -0.25) is 4.79 Å². The Hall–Kier alpha value is -2.17. The first-order valence-corrected chi connectivity index (χ1v) is 7.60. The fourth-order valence-corrected chi connectivity index (χ4v) is 2.83. The van der Waals surface area contributed by atoms with Crippen LogP contribution in [0.3, 0.4) is 0 Å². The molecule has 0 bridgehead atoms. The highest BCUT2D eigenvalue weighted by Gasteiger charge is 2.34. The molecule has 1 atom stereocenters. The van der Waals surface area contributed by atoms with Gasteiger partial charge >= 0.3 is 0 Å². The Labute approximate surface area is 128 Å². The minimum atomic E-state index is -0.487. The van der Waals surface area contributed by atoms with Gasteiger partial charge in [0.1, 0.15) is 5.82 Å². The van der Waals surface area contributed by atoms with Crippen molar-refractivity contribution in [1.29, 1.82) is 0 Å². The van der Waals surface area contributed by atoms with Crippen LogP contribution < -0.4 is 0 Å². The van der Waals surface area contributed by atoms with Crippen molar-refractivity contribution in [1.82, 2.24) is 10.1 Å². The Morgan fingerprint density at radius 3 is 2.86 bits per heavy atom. The molecule has 5 heteroatoms. The van der Waals surface area contributed by atoms with E-state index in [-0.39, 0.29) is 23.4 Å². The van der Waals surface area contributed by atoms with Crippen LogP contribution in [0.4, 0.5) is 4.39 Å². The Bertz CT molecular complexity index is 681. The molecular formula is C17H19FN2O2. The summed E-state index contributed by atoms with van der Waals surface area (Å²) in [7, 11) is 0. The summed E-state index contributed by atoms with van der Waals surface area (Å²) in [6, 6.07) is 7.83. The fourth-order valence-electron chi connectivity index (χ4n) is 2.83. The summed E-state index contributed by atoms with van der Waals surface area (Å²) in [5.41, 5.74) is 0.984. The molecular weight excluding hydrogens is 283 g/mol. The van der Waals surface area contributed by atoms with Gasteiger partial charge in [-0.2, -0.15) is 0 Å². The van der Waals surface area contributed by atoms with Crippen LogP contribution in [-0.4, -0.2) is 22.5 Å². The number of benzene rings is 1. The molecule has 1 aliphatic heterocycles. The van der Waals surface area contributed by atoms with Crippen LogP contribution >= 0.6 is 0 Å². The minimum Gasteiger partial charge on any atom is -0.359 e. The van der Waals surface area contributed by atoms with Crippen molar-refractivity contribution in [2.75, 3.05) is 6.54 Å². The second-order valence-corrected chi connectivity index (χ2v) is 5.95. The summed E-state index contributed by atoms with van der Waals surface area (Å²) in [5, 5.41) is 4.06. The van der Waals surface area contributed by atoms with Gasteiger partial charge in [0.05, 0.1) is 17.3 Å². The number of likely N-dealkylation sites (tertiary alicyclic amines) is 1. The highest BCUT2D eigenvalue weighted by Crippen LogP contribution is 2.34. The molecule has 0 radical (unpaired) electrons. The quantitative estimate of drug-likeness (QED) is 0.863. The Morgan fingerprint density at radius 1 is 1.41 bits per heavy atom. The molecule has 1 unspecified atom stereocenters. The summed E-state index contributed by atoms with van der Waals surface area (Å²) >= 11 is 0. The van der Waals surface area contributed by atoms with Crippen LogP contribution in [0.5, 0.6) is 0 Å². The molecule has 1 aliphatic rings. The highest BCUT2D eigenvalue weighted by atomic mass is 19.1. The molecule has 1 amide bonds. The van der Waals surface area contributed by atoms with Gasteiger partial charge < -0.3 is 9.42 Å². The lowest BCUT2D eigenvalue weighted by Crippen LogP contribution is -2.31. The van der Waals surface area contributed by atoms with Crippen LogP contribution in [0, 0.1) is 5.82 Å². The Balaban J connectivity index is 1.86. The first-order valence-electron chi connectivity index (χ1n) is 7.60. The highest BCUT2D eigenvalue weighted by molar-refractivity contribution is 5.94. The van der Waals surface area contributed by atoms with E-state index in [1.54, 1.807) is 17.0 Å². The molecule has 0 saturated carbocycles. The van der Waals surface area contributed by atoms with Gasteiger partial charge in [-0.15, -0.1) is 0 Å². The topological polar surface area (TPSA) is 46.3 Å². The first-order chi connectivity index (χ1) is 10.6. The van der Waals surface area contributed by atoms with Crippen LogP contribution in [0.15, 0.2) is 34.9 Å². The van der Waals surface area contributed by atoms with E-state index < -0.39 is 5.82 Å². The van der Waals surface area contributed by atoms with E-state index in [1.165, 1.54) is 12.1 Å². The zero-order valence-corrected chi connectivity index (χ0v) is 12.8. The normalized spacial score (nSPS) is 18.2. The van der Waals surface area contributed by atoms with Crippen LogP contribution in [0.1, 0.15) is 60.5 Å².